The standard InChI is InChI=1S/C36H41N9O3/c37-21-28-19-27-20-31(27)45(28)32(46)22-38-12-11-36(35-39-41-42-40-35)29-9-7-25(33(47)43-13-1-2-14-43)17-23(29)5-6-24-18-26(8-10-30(24)36)34(48)44-15-3-4-16-44/h7-10,17-18,27-28,31,38H,1-6,11-16,19-20,22H2,(H,39,40,41,42)/t27-,28?,31+/m1/s1. The zero-order chi connectivity index (χ0) is 32.8. The van der Waals surface area contributed by atoms with E-state index in [2.05, 4.69) is 32.0 Å². The van der Waals surface area contributed by atoms with Crippen molar-refractivity contribution in [1.82, 2.24) is 40.6 Å². The smallest absolute Gasteiger partial charge is 0.253 e. The number of tetrazole rings is 1. The minimum Gasteiger partial charge on any atom is -0.339 e. The summed E-state index contributed by atoms with van der Waals surface area (Å²) in [5.41, 5.74) is 4.56. The monoisotopic (exact) mass is 647 g/mol. The number of fused-ring (bicyclic) bond motifs is 3. The minimum absolute atomic E-state index is 0.0445. The van der Waals surface area contributed by atoms with Crippen molar-refractivity contribution in [2.75, 3.05) is 39.3 Å². The zero-order valence-electron chi connectivity index (χ0n) is 27.2. The molecule has 1 saturated carbocycles. The second-order valence-corrected chi connectivity index (χ2v) is 14.1. The quantitative estimate of drug-likeness (QED) is 0.354. The van der Waals surface area contributed by atoms with E-state index >= 15 is 0 Å². The van der Waals surface area contributed by atoms with Crippen molar-refractivity contribution in [2.24, 2.45) is 5.92 Å². The van der Waals surface area contributed by atoms with Crippen LogP contribution in [-0.2, 0) is 23.1 Å². The number of hydrogen-bond donors (Lipinski definition) is 2. The van der Waals surface area contributed by atoms with Gasteiger partial charge >= 0.3 is 0 Å². The van der Waals surface area contributed by atoms with Gasteiger partial charge in [-0.15, -0.1) is 10.2 Å². The molecular formula is C36H41N9O3. The molecule has 3 amide bonds. The van der Waals surface area contributed by atoms with Crippen molar-refractivity contribution in [3.63, 3.8) is 0 Å². The summed E-state index contributed by atoms with van der Waals surface area (Å²) >= 11 is 0. The maximum atomic E-state index is 13.5. The van der Waals surface area contributed by atoms with Crippen molar-refractivity contribution < 1.29 is 14.4 Å². The summed E-state index contributed by atoms with van der Waals surface area (Å²) in [5.74, 6) is 1.02. The van der Waals surface area contributed by atoms with Gasteiger partial charge in [0.05, 0.1) is 18.0 Å². The molecule has 12 nitrogen and oxygen atoms in total. The van der Waals surface area contributed by atoms with Gasteiger partial charge in [-0.2, -0.15) is 10.5 Å². The van der Waals surface area contributed by atoms with E-state index in [9.17, 15) is 19.6 Å². The first-order valence-electron chi connectivity index (χ1n) is 17.5. The average Bonchev–Trinajstić information content (AvgIpc) is 3.73. The summed E-state index contributed by atoms with van der Waals surface area (Å²) in [4.78, 5) is 45.9. The van der Waals surface area contributed by atoms with Gasteiger partial charge in [0.15, 0.2) is 5.82 Å². The van der Waals surface area contributed by atoms with Gasteiger partial charge < -0.3 is 20.0 Å². The molecule has 5 aliphatic rings. The van der Waals surface area contributed by atoms with Crippen molar-refractivity contribution >= 4 is 17.7 Å². The number of aromatic amines is 1. The van der Waals surface area contributed by atoms with Crippen LogP contribution in [0.5, 0.6) is 0 Å². The number of piperidine rings is 1. The molecule has 0 spiro atoms. The third-order valence-electron chi connectivity index (χ3n) is 11.3. The molecular weight excluding hydrogens is 606 g/mol. The Labute approximate surface area is 279 Å². The van der Waals surface area contributed by atoms with Gasteiger partial charge in [-0.3, -0.25) is 14.4 Å². The van der Waals surface area contributed by atoms with Crippen LogP contribution in [0.15, 0.2) is 36.4 Å². The lowest BCUT2D eigenvalue weighted by molar-refractivity contribution is -0.131. The van der Waals surface area contributed by atoms with Crippen LogP contribution >= 0.6 is 0 Å². The first kappa shape index (κ1) is 30.7. The highest BCUT2D eigenvalue weighted by Gasteiger charge is 2.54. The van der Waals surface area contributed by atoms with Crippen LogP contribution in [0, 0.1) is 17.2 Å². The molecule has 3 saturated heterocycles. The van der Waals surface area contributed by atoms with E-state index in [-0.39, 0.29) is 36.3 Å². The third-order valence-corrected chi connectivity index (χ3v) is 11.3. The van der Waals surface area contributed by atoms with Gasteiger partial charge in [0, 0.05) is 43.3 Å². The number of likely N-dealkylation sites (tertiary alicyclic amines) is 3. The van der Waals surface area contributed by atoms with Gasteiger partial charge in [0.2, 0.25) is 5.91 Å². The van der Waals surface area contributed by atoms with E-state index in [0.29, 0.717) is 48.7 Å². The predicted octanol–water partition coefficient (Wildman–Crippen LogP) is 2.60. The number of aryl methyl sites for hydroxylation is 2. The lowest BCUT2D eigenvalue weighted by atomic mass is 9.69. The van der Waals surface area contributed by atoms with Crippen molar-refractivity contribution in [3.05, 3.63) is 75.6 Å². The summed E-state index contributed by atoms with van der Waals surface area (Å²) in [6.07, 6.45) is 7.73. The number of amides is 3. The normalized spacial score (nSPS) is 23.6. The fraction of sp³-hybridized carbons (Fsp3) is 0.528. The second kappa shape index (κ2) is 12.4. The maximum absolute atomic E-state index is 13.5. The summed E-state index contributed by atoms with van der Waals surface area (Å²) in [5, 5.41) is 28.8. The molecule has 2 aromatic carbocycles. The highest BCUT2D eigenvalue weighted by atomic mass is 16.2. The van der Waals surface area contributed by atoms with Crippen LogP contribution < -0.4 is 5.32 Å². The average molecular weight is 648 g/mol. The number of carbonyl (C=O) groups is 3. The number of benzene rings is 2. The van der Waals surface area contributed by atoms with Crippen molar-refractivity contribution in [3.8, 4) is 6.07 Å². The number of nitriles is 1. The molecule has 1 unspecified atom stereocenters. The van der Waals surface area contributed by atoms with Crippen LogP contribution in [0.2, 0.25) is 0 Å². The van der Waals surface area contributed by atoms with E-state index in [1.807, 2.05) is 46.2 Å². The number of nitrogens with one attached hydrogen (secondary N) is 2. The van der Waals surface area contributed by atoms with E-state index < -0.39 is 5.41 Å². The molecule has 3 aromatic rings. The molecule has 0 bridgehead atoms. The number of H-pyrrole nitrogens is 1. The molecule has 8 rings (SSSR count). The van der Waals surface area contributed by atoms with Gasteiger partial charge in [-0.1, -0.05) is 17.3 Å². The zero-order valence-corrected chi connectivity index (χ0v) is 27.2. The van der Waals surface area contributed by atoms with Crippen molar-refractivity contribution in [2.45, 2.75) is 75.3 Å². The highest BCUT2D eigenvalue weighted by molar-refractivity contribution is 5.95. The van der Waals surface area contributed by atoms with E-state index in [1.165, 1.54) is 0 Å². The Balaban J connectivity index is 1.15. The summed E-state index contributed by atoms with van der Waals surface area (Å²) in [6, 6.07) is 14.2. The molecule has 1 aromatic heterocycles. The largest absolute Gasteiger partial charge is 0.339 e. The van der Waals surface area contributed by atoms with Crippen LogP contribution in [0.4, 0.5) is 0 Å². The first-order valence-corrected chi connectivity index (χ1v) is 17.5. The number of nitrogens with zero attached hydrogens (tertiary/aromatic N) is 7. The number of rotatable bonds is 8. The molecule has 4 heterocycles. The first-order chi connectivity index (χ1) is 23.5. The molecule has 3 aliphatic heterocycles. The topological polar surface area (TPSA) is 151 Å². The van der Waals surface area contributed by atoms with Gasteiger partial charge in [-0.05, 0) is 117 Å². The summed E-state index contributed by atoms with van der Waals surface area (Å²) in [7, 11) is 0. The second-order valence-electron chi connectivity index (χ2n) is 14.1. The number of carbonyl (C=O) groups excluding carboxylic acids is 3. The minimum atomic E-state index is -0.862. The van der Waals surface area contributed by atoms with E-state index in [4.69, 9.17) is 0 Å². The lowest BCUT2D eigenvalue weighted by Crippen LogP contribution is -2.44. The molecule has 248 valence electrons. The summed E-state index contributed by atoms with van der Waals surface area (Å²) in [6.45, 7) is 3.71. The molecule has 0 radical (unpaired) electrons. The molecule has 4 fully saturated rings. The van der Waals surface area contributed by atoms with Gasteiger partial charge in [0.25, 0.3) is 11.8 Å². The summed E-state index contributed by atoms with van der Waals surface area (Å²) < 4.78 is 0. The van der Waals surface area contributed by atoms with Gasteiger partial charge in [-0.25, -0.2) is 0 Å². The Morgan fingerprint density at radius 3 is 2.04 bits per heavy atom. The third kappa shape index (κ3) is 5.25. The Morgan fingerprint density at radius 2 is 1.50 bits per heavy atom. The fourth-order valence-electron chi connectivity index (χ4n) is 8.78. The lowest BCUT2D eigenvalue weighted by Gasteiger charge is -2.34. The van der Waals surface area contributed by atoms with Crippen LogP contribution in [0.1, 0.15) is 93.7 Å². The molecule has 3 atom stereocenters. The Morgan fingerprint density at radius 1 is 0.896 bits per heavy atom. The fourth-order valence-corrected chi connectivity index (χ4v) is 8.78. The molecule has 2 aliphatic carbocycles. The maximum Gasteiger partial charge on any atom is 0.253 e. The molecule has 2 N–H and O–H groups in total. The van der Waals surface area contributed by atoms with Gasteiger partial charge in [0.1, 0.15) is 6.04 Å². The Hall–Kier alpha value is -4.63. The highest BCUT2D eigenvalue weighted by Crippen LogP contribution is 2.48. The number of aromatic nitrogens is 4. The molecule has 48 heavy (non-hydrogen) atoms. The predicted molar refractivity (Wildman–Crippen MR) is 175 cm³/mol. The Kier molecular flexibility index (Phi) is 7.95. The Bertz CT molecular complexity index is 1690. The van der Waals surface area contributed by atoms with Crippen LogP contribution in [-0.4, -0.2) is 104 Å². The van der Waals surface area contributed by atoms with Crippen molar-refractivity contribution in [1.29, 1.82) is 5.26 Å². The van der Waals surface area contributed by atoms with E-state index in [1.54, 1.807) is 4.90 Å². The van der Waals surface area contributed by atoms with Crippen LogP contribution in [0.25, 0.3) is 0 Å². The number of hydrogen-bond acceptors (Lipinski definition) is 8. The SMILES string of the molecule is N#CC1C[C@@H]2C[C@@H]2N1C(=O)CNCCC1(c2nn[nH]n2)c2ccc(C(=O)N3CCCC3)cc2CCc2cc(C(=O)N3CCCC3)ccc21. The van der Waals surface area contributed by atoms with Crippen LogP contribution in [0.3, 0.4) is 0 Å². The van der Waals surface area contributed by atoms with E-state index in [0.717, 1.165) is 87.0 Å². The molecule has 12 heteroatoms.